The number of para-hydroxylation sites is 3. The topological polar surface area (TPSA) is 59.7 Å². The van der Waals surface area contributed by atoms with Crippen LogP contribution in [0.25, 0.3) is 0 Å². The summed E-state index contributed by atoms with van der Waals surface area (Å²) in [4.78, 5) is 5.34. The molecule has 5 nitrogen and oxygen atoms in total. The van der Waals surface area contributed by atoms with E-state index >= 15 is 0 Å². The first-order valence-electron chi connectivity index (χ1n) is 18.3. The second-order valence-corrected chi connectivity index (χ2v) is 16.8. The number of hydrogen-bond donors (Lipinski definition) is 2. The first kappa shape index (κ1) is 37.9. The van der Waals surface area contributed by atoms with Gasteiger partial charge in [0.15, 0.2) is 6.29 Å². The van der Waals surface area contributed by atoms with Gasteiger partial charge in [-0.15, -0.1) is 5.54 Å². The molecule has 4 aliphatic carbocycles. The van der Waals surface area contributed by atoms with Gasteiger partial charge in [-0.2, -0.15) is 12.6 Å². The SMILES string of the molecule is CC(C)(C)C(O)O.CC(C)c1cccc(C(C)C)c1N1[CH-]N(C23[CH-]C4CC(CC(C4)C2)C3)CC1.[Ru+]=[CH]c1ccccc1[OH+]c1ccccc1. The Morgan fingerprint density at radius 1 is 0.816 bits per heavy atom. The Bertz CT molecular complexity index is 1450. The Morgan fingerprint density at radius 2 is 1.39 bits per heavy atom. The van der Waals surface area contributed by atoms with Gasteiger partial charge in [-0.3, -0.25) is 0 Å². The van der Waals surface area contributed by atoms with Crippen molar-refractivity contribution in [3.05, 3.63) is 103 Å². The molecule has 49 heavy (non-hydrogen) atoms. The summed E-state index contributed by atoms with van der Waals surface area (Å²) in [6.45, 7) is 19.5. The van der Waals surface area contributed by atoms with Gasteiger partial charge in [0.25, 0.3) is 0 Å². The van der Waals surface area contributed by atoms with Crippen molar-refractivity contribution >= 4 is 10.3 Å². The molecule has 1 saturated heterocycles. The summed E-state index contributed by atoms with van der Waals surface area (Å²) in [6, 6.07) is 25.0. The van der Waals surface area contributed by atoms with Gasteiger partial charge >= 0.3 is 98.9 Å². The Hall–Kier alpha value is -2.37. The molecule has 0 spiro atoms. The molecule has 0 amide bonds. The second-order valence-electron chi connectivity index (χ2n) is 16.3. The predicted octanol–water partition coefficient (Wildman–Crippen LogP) is 9.34. The number of nitrogens with zero attached hydrogens (tertiary/aromatic N) is 2. The van der Waals surface area contributed by atoms with Gasteiger partial charge in [0.1, 0.15) is 0 Å². The number of aliphatic hydroxyl groups excluding tert-OH is 1. The Labute approximate surface area is 306 Å². The molecule has 1 aliphatic heterocycles. The van der Waals surface area contributed by atoms with Crippen LogP contribution in [0.15, 0.2) is 72.8 Å². The van der Waals surface area contributed by atoms with E-state index in [-0.39, 0.29) is 5.41 Å². The van der Waals surface area contributed by atoms with Gasteiger partial charge in [0, 0.05) is 17.6 Å². The van der Waals surface area contributed by atoms with E-state index in [1.165, 1.54) is 55.5 Å². The zero-order valence-corrected chi connectivity index (χ0v) is 32.4. The molecule has 4 saturated carbocycles. The first-order chi connectivity index (χ1) is 23.3. The van der Waals surface area contributed by atoms with Crippen molar-refractivity contribution in [2.75, 3.05) is 18.0 Å². The standard InChI is InChI=1S/C25H36N2.C13H10O.C5H12O2.Ru/c1-17(2)22-6-5-7-23(18(3)4)24(22)26-8-9-27(16-26)25-13-19-10-20(14-25)12-21(11-19)15-25;1-11-7-5-6-10-13(11)14-12-8-3-2-4-9-12;1-5(2,3)4(6)7;/h5-7,13,16-21H,8-12,14-15H2,1-4H3;1-10H;4,6-7H,1-3H3;/q-2;;;+1/p+1. The van der Waals surface area contributed by atoms with Crippen LogP contribution in [-0.4, -0.2) is 49.4 Å². The molecule has 8 rings (SSSR count). The molecule has 1 heterocycles. The number of rotatable bonds is 7. The van der Waals surface area contributed by atoms with E-state index in [1.54, 1.807) is 20.8 Å². The monoisotopic (exact) mass is 753 g/mol. The van der Waals surface area contributed by atoms with Gasteiger partial charge in [-0.1, -0.05) is 92.3 Å². The number of aliphatic hydroxyl groups is 2. The van der Waals surface area contributed by atoms with Crippen LogP contribution in [0.3, 0.4) is 0 Å². The van der Waals surface area contributed by atoms with Gasteiger partial charge in [0.2, 0.25) is 0 Å². The second kappa shape index (κ2) is 16.3. The number of benzene rings is 3. The third kappa shape index (κ3) is 9.30. The van der Waals surface area contributed by atoms with E-state index in [9.17, 15) is 0 Å². The zero-order chi connectivity index (χ0) is 35.3. The molecule has 4 bridgehead atoms. The molecular formula is C43H59N2O3Ru. The summed E-state index contributed by atoms with van der Waals surface area (Å²) < 4.78 is 6.57. The predicted molar refractivity (Wildman–Crippen MR) is 200 cm³/mol. The van der Waals surface area contributed by atoms with Gasteiger partial charge < -0.3 is 26.4 Å². The number of hydrogen-bond acceptors (Lipinski definition) is 4. The minimum absolute atomic E-state index is 0.369. The van der Waals surface area contributed by atoms with Crippen molar-refractivity contribution in [1.29, 1.82) is 0 Å². The molecule has 2 atom stereocenters. The molecule has 267 valence electrons. The van der Waals surface area contributed by atoms with Crippen LogP contribution >= 0.6 is 0 Å². The van der Waals surface area contributed by atoms with Crippen molar-refractivity contribution in [3.8, 4) is 11.5 Å². The summed E-state index contributed by atoms with van der Waals surface area (Å²) in [5.74, 6) is 5.99. The minimum atomic E-state index is -1.20. The molecule has 6 heteroatoms. The van der Waals surface area contributed by atoms with E-state index in [4.69, 9.17) is 10.2 Å². The van der Waals surface area contributed by atoms with Crippen molar-refractivity contribution in [2.24, 2.45) is 23.2 Å². The summed E-state index contributed by atoms with van der Waals surface area (Å²) in [6.07, 6.45) is 8.86. The van der Waals surface area contributed by atoms with Crippen LogP contribution in [0, 0.1) is 36.3 Å². The van der Waals surface area contributed by atoms with Crippen LogP contribution in [0.5, 0.6) is 11.5 Å². The van der Waals surface area contributed by atoms with Gasteiger partial charge in [-0.05, 0) is 47.8 Å². The number of aromatic hydroxyl groups is 2. The maximum absolute atomic E-state index is 8.44. The molecule has 3 N–H and O–H groups in total. The van der Waals surface area contributed by atoms with E-state index in [2.05, 4.69) is 97.4 Å². The van der Waals surface area contributed by atoms with E-state index in [0.29, 0.717) is 17.4 Å². The molecule has 3 aromatic rings. The summed E-state index contributed by atoms with van der Waals surface area (Å²) in [7, 11) is 0. The number of anilines is 1. The van der Waals surface area contributed by atoms with E-state index in [0.717, 1.165) is 41.4 Å². The average molecular weight is 753 g/mol. The summed E-state index contributed by atoms with van der Waals surface area (Å²) >= 11 is 2.52. The van der Waals surface area contributed by atoms with Gasteiger partial charge in [0.05, 0.1) is 0 Å². The molecule has 3 aromatic carbocycles. The van der Waals surface area contributed by atoms with Crippen LogP contribution in [0.2, 0.25) is 0 Å². The average Bonchev–Trinajstić information content (AvgIpc) is 3.56. The Balaban J connectivity index is 0.000000179. The van der Waals surface area contributed by atoms with Gasteiger partial charge in [-0.25, -0.2) is 0 Å². The Morgan fingerprint density at radius 3 is 1.92 bits per heavy atom. The van der Waals surface area contributed by atoms with Crippen LogP contribution in [-0.2, 0) is 17.9 Å². The summed E-state index contributed by atoms with van der Waals surface area (Å²) in [5, 5.41) is 16.9. The first-order valence-corrected chi connectivity index (χ1v) is 19.3. The van der Waals surface area contributed by atoms with Crippen molar-refractivity contribution in [1.82, 2.24) is 4.90 Å². The van der Waals surface area contributed by atoms with E-state index < -0.39 is 6.29 Å². The molecule has 5 aliphatic rings. The molecular weight excluding hydrogens is 694 g/mol. The van der Waals surface area contributed by atoms with Crippen molar-refractivity contribution < 1.29 is 32.8 Å². The molecule has 0 radical (unpaired) electrons. The van der Waals surface area contributed by atoms with E-state index in [1.807, 2.05) is 53.1 Å². The molecule has 2 unspecified atom stereocenters. The fourth-order valence-corrected chi connectivity index (χ4v) is 8.67. The van der Waals surface area contributed by atoms with Crippen LogP contribution in [0.1, 0.15) is 109 Å². The number of ether oxygens (including phenoxy) is 1. The Kier molecular flexibility index (Phi) is 12.6. The summed E-state index contributed by atoms with van der Waals surface area (Å²) in [5.41, 5.74) is 5.63. The zero-order valence-electron chi connectivity index (χ0n) is 30.7. The van der Waals surface area contributed by atoms with Crippen molar-refractivity contribution in [2.45, 2.75) is 104 Å². The molecule has 5 fully saturated rings. The third-order valence-corrected chi connectivity index (χ3v) is 11.2. The quantitative estimate of drug-likeness (QED) is 0.109. The fraction of sp³-hybridized carbons (Fsp3) is 0.512. The molecule has 0 aromatic heterocycles. The normalized spacial score (nSPS) is 24.5. The third-order valence-electron chi connectivity index (χ3n) is 10.7. The van der Waals surface area contributed by atoms with Crippen molar-refractivity contribution in [3.63, 3.8) is 0 Å². The van der Waals surface area contributed by atoms with Crippen LogP contribution < -0.4 is 4.90 Å². The van der Waals surface area contributed by atoms with Crippen LogP contribution in [0.4, 0.5) is 5.69 Å². The fourth-order valence-electron chi connectivity index (χ4n) is 8.24. The maximum atomic E-state index is 8.44.